The molecule has 3 aromatic rings. The van der Waals surface area contributed by atoms with E-state index in [1.54, 1.807) is 32.4 Å². The monoisotopic (exact) mass is 411 g/mol. The van der Waals surface area contributed by atoms with Gasteiger partial charge < -0.3 is 19.5 Å². The summed E-state index contributed by atoms with van der Waals surface area (Å²) in [7, 11) is 3.17. The molecule has 0 spiro atoms. The Hall–Kier alpha value is -3.18. The van der Waals surface area contributed by atoms with Crippen LogP contribution < -0.4 is 19.5 Å². The van der Waals surface area contributed by atoms with Gasteiger partial charge in [0.15, 0.2) is 17.2 Å². The van der Waals surface area contributed by atoms with Crippen LogP contribution in [0.5, 0.6) is 23.0 Å². The first-order valence-electron chi connectivity index (χ1n) is 9.12. The van der Waals surface area contributed by atoms with Crippen LogP contribution in [0.25, 0.3) is 0 Å². The number of aryl methyl sites for hydroxylation is 1. The van der Waals surface area contributed by atoms with Gasteiger partial charge in [0.05, 0.1) is 19.9 Å². The number of hydrogen-bond donors (Lipinski definition) is 1. The Morgan fingerprint density at radius 3 is 2.34 bits per heavy atom. The third-order valence-electron chi connectivity index (χ3n) is 4.28. The second kappa shape index (κ2) is 9.85. The number of rotatable bonds is 8. The molecule has 0 heterocycles. The number of benzene rings is 3. The van der Waals surface area contributed by atoms with E-state index in [0.717, 1.165) is 5.56 Å². The lowest BCUT2D eigenvalue weighted by Gasteiger charge is -2.13. The average Bonchev–Trinajstić information content (AvgIpc) is 2.74. The van der Waals surface area contributed by atoms with E-state index < -0.39 is 0 Å². The maximum atomic E-state index is 12.5. The van der Waals surface area contributed by atoms with Crippen LogP contribution in [0.3, 0.4) is 0 Å². The van der Waals surface area contributed by atoms with Crippen molar-refractivity contribution in [2.45, 2.75) is 12.8 Å². The molecule has 0 aliphatic carbocycles. The molecule has 0 unspecified atom stereocenters. The van der Waals surface area contributed by atoms with Crippen molar-refractivity contribution in [3.63, 3.8) is 0 Å². The van der Waals surface area contributed by atoms with Gasteiger partial charge in [0.25, 0.3) is 0 Å². The molecule has 1 N–H and O–H groups in total. The first-order chi connectivity index (χ1) is 14.1. The Morgan fingerprint density at radius 1 is 0.897 bits per heavy atom. The van der Waals surface area contributed by atoms with Crippen LogP contribution in [-0.4, -0.2) is 20.1 Å². The molecule has 0 radical (unpaired) electrons. The second-order valence-corrected chi connectivity index (χ2v) is 6.73. The molecule has 3 rings (SSSR count). The fourth-order valence-electron chi connectivity index (χ4n) is 2.81. The number of carbonyl (C=O) groups excluding carboxylic acids is 1. The number of para-hydroxylation sites is 1. The van der Waals surface area contributed by atoms with Crippen molar-refractivity contribution in [3.05, 3.63) is 77.3 Å². The molecule has 0 saturated heterocycles. The van der Waals surface area contributed by atoms with Crippen molar-refractivity contribution < 1.29 is 19.0 Å². The zero-order valence-corrected chi connectivity index (χ0v) is 17.0. The molecule has 0 bridgehead atoms. The second-order valence-electron chi connectivity index (χ2n) is 6.29. The fraction of sp³-hybridized carbons (Fsp3) is 0.174. The summed E-state index contributed by atoms with van der Waals surface area (Å²) in [5.41, 5.74) is 1.50. The predicted octanol–water partition coefficient (Wildman–Crippen LogP) is 5.72. The molecule has 6 heteroatoms. The van der Waals surface area contributed by atoms with Crippen molar-refractivity contribution >= 4 is 23.2 Å². The molecule has 0 saturated carbocycles. The summed E-state index contributed by atoms with van der Waals surface area (Å²) in [6, 6.07) is 20.1. The lowest BCUT2D eigenvalue weighted by Crippen LogP contribution is -2.13. The first kappa shape index (κ1) is 20.6. The zero-order chi connectivity index (χ0) is 20.6. The van der Waals surface area contributed by atoms with Gasteiger partial charge >= 0.3 is 0 Å². The molecule has 1 amide bonds. The van der Waals surface area contributed by atoms with Crippen LogP contribution >= 0.6 is 11.6 Å². The van der Waals surface area contributed by atoms with E-state index in [4.69, 9.17) is 25.8 Å². The molecule has 0 atom stereocenters. The van der Waals surface area contributed by atoms with Crippen molar-refractivity contribution in [3.8, 4) is 23.0 Å². The van der Waals surface area contributed by atoms with Crippen molar-refractivity contribution in [1.29, 1.82) is 0 Å². The van der Waals surface area contributed by atoms with E-state index in [0.29, 0.717) is 46.5 Å². The Labute approximate surface area is 175 Å². The Balaban J connectivity index is 1.67. The van der Waals surface area contributed by atoms with Crippen molar-refractivity contribution in [2.75, 3.05) is 19.5 Å². The van der Waals surface area contributed by atoms with Crippen LogP contribution in [0.1, 0.15) is 12.0 Å². The topological polar surface area (TPSA) is 56.8 Å². The van der Waals surface area contributed by atoms with E-state index in [-0.39, 0.29) is 5.91 Å². The summed E-state index contributed by atoms with van der Waals surface area (Å²) >= 11 is 6.11. The summed E-state index contributed by atoms with van der Waals surface area (Å²) in [5, 5.41) is 3.40. The van der Waals surface area contributed by atoms with Gasteiger partial charge in [-0.15, -0.1) is 0 Å². The standard InChI is InChI=1S/C23H22ClNO4/c1-27-21-11-8-16(14-22(21)28-2)9-13-23(26)25-19-15-17(24)10-12-20(19)29-18-6-4-3-5-7-18/h3-8,10-12,14-15H,9,13H2,1-2H3,(H,25,26). The zero-order valence-electron chi connectivity index (χ0n) is 16.3. The van der Waals surface area contributed by atoms with Crippen LogP contribution in [0, 0.1) is 0 Å². The van der Waals surface area contributed by atoms with Crippen molar-refractivity contribution in [1.82, 2.24) is 0 Å². The molecule has 0 fully saturated rings. The molecule has 0 aromatic heterocycles. The molecule has 29 heavy (non-hydrogen) atoms. The molecule has 0 aliphatic rings. The Kier molecular flexibility index (Phi) is 6.98. The minimum Gasteiger partial charge on any atom is -0.493 e. The third-order valence-corrected chi connectivity index (χ3v) is 4.51. The number of methoxy groups -OCH3 is 2. The minimum atomic E-state index is -0.139. The summed E-state index contributed by atoms with van der Waals surface area (Å²) in [5.74, 6) is 2.36. The minimum absolute atomic E-state index is 0.139. The SMILES string of the molecule is COc1ccc(CCC(=O)Nc2cc(Cl)ccc2Oc2ccccc2)cc1OC. The number of anilines is 1. The molecule has 150 valence electrons. The number of amides is 1. The molecule has 3 aromatic carbocycles. The highest BCUT2D eigenvalue weighted by Gasteiger charge is 2.11. The largest absolute Gasteiger partial charge is 0.493 e. The van der Waals surface area contributed by atoms with Gasteiger partial charge in [-0.3, -0.25) is 4.79 Å². The van der Waals surface area contributed by atoms with E-state index >= 15 is 0 Å². The van der Waals surface area contributed by atoms with Gasteiger partial charge in [0, 0.05) is 11.4 Å². The summed E-state index contributed by atoms with van der Waals surface area (Å²) < 4.78 is 16.4. The highest BCUT2D eigenvalue weighted by atomic mass is 35.5. The van der Waals surface area contributed by atoms with Gasteiger partial charge in [-0.1, -0.05) is 35.9 Å². The number of halogens is 1. The summed E-state index contributed by atoms with van der Waals surface area (Å²) in [6.07, 6.45) is 0.856. The molecular formula is C23H22ClNO4. The lowest BCUT2D eigenvalue weighted by atomic mass is 10.1. The normalized spacial score (nSPS) is 10.3. The number of ether oxygens (including phenoxy) is 3. The molecular weight excluding hydrogens is 390 g/mol. The maximum Gasteiger partial charge on any atom is 0.224 e. The Morgan fingerprint density at radius 2 is 1.62 bits per heavy atom. The van der Waals surface area contributed by atoms with Crippen LogP contribution in [0.15, 0.2) is 66.7 Å². The van der Waals surface area contributed by atoms with Gasteiger partial charge in [0.1, 0.15) is 5.75 Å². The van der Waals surface area contributed by atoms with E-state index in [2.05, 4.69) is 5.32 Å². The summed E-state index contributed by atoms with van der Waals surface area (Å²) in [4.78, 5) is 12.5. The molecule has 0 aliphatic heterocycles. The van der Waals surface area contributed by atoms with Crippen LogP contribution in [0.2, 0.25) is 5.02 Å². The highest BCUT2D eigenvalue weighted by Crippen LogP contribution is 2.32. The van der Waals surface area contributed by atoms with E-state index in [1.165, 1.54) is 0 Å². The van der Waals surface area contributed by atoms with E-state index in [9.17, 15) is 4.79 Å². The van der Waals surface area contributed by atoms with Crippen LogP contribution in [0.4, 0.5) is 5.69 Å². The number of nitrogens with one attached hydrogen (secondary N) is 1. The quantitative estimate of drug-likeness (QED) is 0.515. The third kappa shape index (κ3) is 5.65. The van der Waals surface area contributed by atoms with Gasteiger partial charge in [-0.2, -0.15) is 0 Å². The van der Waals surface area contributed by atoms with Gasteiger partial charge in [0.2, 0.25) is 5.91 Å². The lowest BCUT2D eigenvalue weighted by molar-refractivity contribution is -0.116. The smallest absolute Gasteiger partial charge is 0.224 e. The van der Waals surface area contributed by atoms with Crippen molar-refractivity contribution in [2.24, 2.45) is 0 Å². The van der Waals surface area contributed by atoms with E-state index in [1.807, 2.05) is 48.5 Å². The first-order valence-corrected chi connectivity index (χ1v) is 9.50. The summed E-state index contributed by atoms with van der Waals surface area (Å²) in [6.45, 7) is 0. The van der Waals surface area contributed by atoms with Crippen LogP contribution in [-0.2, 0) is 11.2 Å². The number of carbonyl (C=O) groups is 1. The number of hydrogen-bond acceptors (Lipinski definition) is 4. The predicted molar refractivity (Wildman–Crippen MR) is 114 cm³/mol. The fourth-order valence-corrected chi connectivity index (χ4v) is 2.98. The highest BCUT2D eigenvalue weighted by molar-refractivity contribution is 6.31. The van der Waals surface area contributed by atoms with Gasteiger partial charge in [-0.05, 0) is 54.4 Å². The maximum absolute atomic E-state index is 12.5. The molecule has 5 nitrogen and oxygen atoms in total. The average molecular weight is 412 g/mol. The Bertz CT molecular complexity index is 976. The van der Waals surface area contributed by atoms with Gasteiger partial charge in [-0.25, -0.2) is 0 Å².